The van der Waals surface area contributed by atoms with E-state index in [0.29, 0.717) is 19.3 Å². The van der Waals surface area contributed by atoms with Crippen LogP contribution in [0.2, 0.25) is 0 Å². The lowest BCUT2D eigenvalue weighted by Gasteiger charge is -2.18. The highest BCUT2D eigenvalue weighted by Gasteiger charge is 2.19. The molecule has 1 atom stereocenters. The summed E-state index contributed by atoms with van der Waals surface area (Å²) >= 11 is 0. The number of carbonyl (C=O) groups is 3. The summed E-state index contributed by atoms with van der Waals surface area (Å²) in [5.74, 6) is -1.08. The van der Waals surface area contributed by atoms with Crippen molar-refractivity contribution < 1.29 is 28.6 Å². The zero-order valence-corrected chi connectivity index (χ0v) is 41.9. The lowest BCUT2D eigenvalue weighted by molar-refractivity contribution is -0.167. The Kier molecular flexibility index (Phi) is 49.1. The van der Waals surface area contributed by atoms with Crippen LogP contribution in [0, 0.1) is 0 Å². The predicted molar refractivity (Wildman–Crippen MR) is 283 cm³/mol. The summed E-state index contributed by atoms with van der Waals surface area (Å²) < 4.78 is 16.7. The van der Waals surface area contributed by atoms with Crippen molar-refractivity contribution in [1.29, 1.82) is 0 Å². The molecule has 0 fully saturated rings. The second-order valence-electron chi connectivity index (χ2n) is 16.3. The molecule has 0 unspecified atom stereocenters. The highest BCUT2D eigenvalue weighted by Crippen LogP contribution is 2.11. The SMILES string of the molecule is CC/C=C\C/C=C\C/C=C\C/C=C\C/C=C\CCCC(=O)OC[C@@H](COC(=O)CCCCCCC/C=C\C/C=C\CCCC)OC(=O)CCC/C=C\C/C=C\C/C=C\C/C=C\C/C=C\CC. The third-order valence-corrected chi connectivity index (χ3v) is 10.1. The molecule has 0 bridgehead atoms. The minimum Gasteiger partial charge on any atom is -0.462 e. The van der Waals surface area contributed by atoms with Crippen LogP contribution >= 0.6 is 0 Å². The minimum atomic E-state index is -0.843. The van der Waals surface area contributed by atoms with Crippen LogP contribution in [-0.4, -0.2) is 37.2 Å². The molecule has 0 radical (unpaired) electrons. The molecule has 368 valence electrons. The van der Waals surface area contributed by atoms with Gasteiger partial charge in [-0.3, -0.25) is 14.4 Å². The van der Waals surface area contributed by atoms with Crippen LogP contribution < -0.4 is 0 Å². The number of esters is 3. The van der Waals surface area contributed by atoms with Crippen LogP contribution in [0.5, 0.6) is 0 Å². The number of carbonyl (C=O) groups excluding carboxylic acids is 3. The molecule has 0 saturated heterocycles. The van der Waals surface area contributed by atoms with Gasteiger partial charge in [-0.1, -0.05) is 199 Å². The first-order chi connectivity index (χ1) is 32.5. The normalized spacial score (nSPS) is 13.3. The lowest BCUT2D eigenvalue weighted by Crippen LogP contribution is -2.30. The summed E-state index contributed by atoms with van der Waals surface area (Å²) in [6.07, 6.45) is 75.5. The van der Waals surface area contributed by atoms with E-state index in [1.165, 1.54) is 19.3 Å². The van der Waals surface area contributed by atoms with Gasteiger partial charge in [0.2, 0.25) is 0 Å². The van der Waals surface area contributed by atoms with Gasteiger partial charge in [0.25, 0.3) is 0 Å². The van der Waals surface area contributed by atoms with E-state index in [-0.39, 0.29) is 38.0 Å². The maximum Gasteiger partial charge on any atom is 0.306 e. The second-order valence-corrected chi connectivity index (χ2v) is 16.3. The van der Waals surface area contributed by atoms with E-state index in [9.17, 15) is 14.4 Å². The van der Waals surface area contributed by atoms with Gasteiger partial charge >= 0.3 is 17.9 Å². The molecule has 6 nitrogen and oxygen atoms in total. The Hall–Kier alpha value is -4.71. The summed E-state index contributed by atoms with van der Waals surface area (Å²) in [5, 5.41) is 0. The van der Waals surface area contributed by atoms with Crippen LogP contribution in [0.25, 0.3) is 0 Å². The van der Waals surface area contributed by atoms with Crippen molar-refractivity contribution in [3.05, 3.63) is 146 Å². The largest absolute Gasteiger partial charge is 0.462 e. The van der Waals surface area contributed by atoms with Gasteiger partial charge in [-0.15, -0.1) is 0 Å². The Morgan fingerprint density at radius 3 is 0.985 bits per heavy atom. The van der Waals surface area contributed by atoms with Gasteiger partial charge in [-0.2, -0.15) is 0 Å². The molecule has 0 aliphatic carbocycles. The number of ether oxygens (including phenoxy) is 3. The molecule has 0 N–H and O–H groups in total. The van der Waals surface area contributed by atoms with Gasteiger partial charge in [0.15, 0.2) is 6.10 Å². The maximum absolute atomic E-state index is 12.8. The molecule has 0 aromatic carbocycles. The Labute approximate surface area is 404 Å². The average molecular weight is 909 g/mol. The van der Waals surface area contributed by atoms with E-state index < -0.39 is 12.1 Å². The number of allylic oxidation sites excluding steroid dienone is 24. The number of hydrogen-bond acceptors (Lipinski definition) is 6. The molecule has 66 heavy (non-hydrogen) atoms. The fourth-order valence-corrected chi connectivity index (χ4v) is 6.23. The maximum atomic E-state index is 12.8. The van der Waals surface area contributed by atoms with Crippen LogP contribution in [0.1, 0.15) is 194 Å². The Morgan fingerprint density at radius 1 is 0.318 bits per heavy atom. The van der Waals surface area contributed by atoms with E-state index in [0.717, 1.165) is 122 Å². The lowest BCUT2D eigenvalue weighted by atomic mass is 10.1. The van der Waals surface area contributed by atoms with Gasteiger partial charge in [0, 0.05) is 19.3 Å². The van der Waals surface area contributed by atoms with Crippen LogP contribution in [0.15, 0.2) is 146 Å². The van der Waals surface area contributed by atoms with Gasteiger partial charge in [-0.05, 0) is 122 Å². The fraction of sp³-hybridized carbons (Fsp3) is 0.550. The van der Waals surface area contributed by atoms with Crippen molar-refractivity contribution in [2.75, 3.05) is 13.2 Å². The molecule has 0 aliphatic rings. The van der Waals surface area contributed by atoms with E-state index in [2.05, 4.69) is 167 Å². The van der Waals surface area contributed by atoms with E-state index >= 15 is 0 Å². The number of unbranched alkanes of at least 4 members (excludes halogenated alkanes) is 9. The van der Waals surface area contributed by atoms with E-state index in [1.807, 2.05) is 0 Å². The first-order valence-electron chi connectivity index (χ1n) is 25.8. The number of hydrogen-bond donors (Lipinski definition) is 0. The Balaban J connectivity index is 4.63. The third-order valence-electron chi connectivity index (χ3n) is 10.1. The van der Waals surface area contributed by atoms with Crippen LogP contribution in [0.3, 0.4) is 0 Å². The molecule has 0 spiro atoms. The van der Waals surface area contributed by atoms with Crippen molar-refractivity contribution >= 4 is 17.9 Å². The van der Waals surface area contributed by atoms with Crippen molar-refractivity contribution in [1.82, 2.24) is 0 Å². The van der Waals surface area contributed by atoms with Crippen LogP contribution in [-0.2, 0) is 28.6 Å². The highest BCUT2D eigenvalue weighted by molar-refractivity contribution is 5.71. The topological polar surface area (TPSA) is 78.9 Å². The molecular weight excluding hydrogens is 817 g/mol. The minimum absolute atomic E-state index is 0.132. The van der Waals surface area contributed by atoms with E-state index in [1.54, 1.807) is 0 Å². The summed E-state index contributed by atoms with van der Waals surface area (Å²) in [6, 6.07) is 0. The van der Waals surface area contributed by atoms with Crippen molar-refractivity contribution in [3.63, 3.8) is 0 Å². The van der Waals surface area contributed by atoms with Gasteiger partial charge in [0.05, 0.1) is 0 Å². The Morgan fingerprint density at radius 2 is 0.606 bits per heavy atom. The molecule has 0 aliphatic heterocycles. The zero-order valence-electron chi connectivity index (χ0n) is 41.9. The summed E-state index contributed by atoms with van der Waals surface area (Å²) in [7, 11) is 0. The van der Waals surface area contributed by atoms with Crippen molar-refractivity contribution in [3.8, 4) is 0 Å². The zero-order chi connectivity index (χ0) is 47.9. The average Bonchev–Trinajstić information content (AvgIpc) is 3.31. The van der Waals surface area contributed by atoms with Gasteiger partial charge in [0.1, 0.15) is 13.2 Å². The molecule has 0 saturated carbocycles. The molecule has 6 heteroatoms. The first-order valence-corrected chi connectivity index (χ1v) is 25.8. The fourth-order valence-electron chi connectivity index (χ4n) is 6.23. The smallest absolute Gasteiger partial charge is 0.306 e. The molecular formula is C60H92O6. The molecule has 0 amide bonds. The van der Waals surface area contributed by atoms with Crippen LogP contribution in [0.4, 0.5) is 0 Å². The summed E-state index contributed by atoms with van der Waals surface area (Å²) in [6.45, 7) is 6.23. The van der Waals surface area contributed by atoms with Gasteiger partial charge in [-0.25, -0.2) is 0 Å². The quantitative estimate of drug-likeness (QED) is 0.0262. The van der Waals surface area contributed by atoms with Crippen molar-refractivity contribution in [2.45, 2.75) is 200 Å². The second kappa shape index (κ2) is 52.9. The molecule has 0 rings (SSSR count). The monoisotopic (exact) mass is 909 g/mol. The van der Waals surface area contributed by atoms with Crippen molar-refractivity contribution in [2.24, 2.45) is 0 Å². The number of rotatable bonds is 44. The van der Waals surface area contributed by atoms with E-state index in [4.69, 9.17) is 14.2 Å². The standard InChI is InChI=1S/C60H92O6/c1-4-7-10-13-16-19-22-25-28-30-32-35-38-41-44-47-50-53-59(62)65-56-57(55-64-58(61)52-49-46-43-40-37-34-27-24-21-18-15-12-9-6-3)66-60(63)54-51-48-45-42-39-36-33-31-29-26-23-20-17-14-11-8-5-2/h7-8,10-11,15-20,24-29,32-33,35-36,41-42,44-45,57H,4-6,9,12-14,21-23,30-31,34,37-40,43,46-56H2,1-3H3/b10-7-,11-8-,18-15-,19-16-,20-17-,27-24-,28-25-,29-26-,35-32-,36-33-,44-41-,45-42-/t57-/m1/s1. The molecule has 0 aromatic rings. The van der Waals surface area contributed by atoms with Gasteiger partial charge < -0.3 is 14.2 Å². The predicted octanol–water partition coefficient (Wildman–Crippen LogP) is 17.3. The Bertz CT molecular complexity index is 1510. The highest BCUT2D eigenvalue weighted by atomic mass is 16.6. The summed E-state index contributed by atoms with van der Waals surface area (Å²) in [5.41, 5.74) is 0. The first kappa shape index (κ1) is 61.3. The molecule has 0 heterocycles. The molecule has 0 aromatic heterocycles. The third kappa shape index (κ3) is 50.3. The summed E-state index contributed by atoms with van der Waals surface area (Å²) in [4.78, 5) is 38.0.